The molecule has 0 bridgehead atoms. The third-order valence-corrected chi connectivity index (χ3v) is 3.12. The van der Waals surface area contributed by atoms with Crippen molar-refractivity contribution < 1.29 is 4.79 Å². The topological polar surface area (TPSA) is 41.5 Å². The molecular formula is C9H4Cl6N2O. The highest BCUT2D eigenvalue weighted by molar-refractivity contribution is 6.86. The molecule has 1 aromatic rings. The third-order valence-electron chi connectivity index (χ3n) is 1.70. The predicted molar refractivity (Wildman–Crippen MR) is 78.9 cm³/mol. The molecule has 0 aliphatic rings. The number of anilines is 1. The van der Waals surface area contributed by atoms with Gasteiger partial charge in [-0.15, -0.1) is 0 Å². The van der Waals surface area contributed by atoms with Crippen LogP contribution in [0.1, 0.15) is 0 Å². The number of benzene rings is 1. The largest absolute Gasteiger partial charge is 0.275 e. The first-order valence-electron chi connectivity index (χ1n) is 4.29. The van der Waals surface area contributed by atoms with Crippen LogP contribution in [0.5, 0.6) is 0 Å². The second-order valence-corrected chi connectivity index (χ2v) is 5.62. The Balaban J connectivity index is 3.05. The fourth-order valence-electron chi connectivity index (χ4n) is 0.944. The van der Waals surface area contributed by atoms with Crippen molar-refractivity contribution >= 4 is 86.2 Å². The van der Waals surface area contributed by atoms with Gasteiger partial charge in [0.1, 0.15) is 0 Å². The molecule has 0 aliphatic carbocycles. The summed E-state index contributed by atoms with van der Waals surface area (Å²) < 4.78 is 0. The van der Waals surface area contributed by atoms with Gasteiger partial charge in [-0.1, -0.05) is 58.0 Å². The molecule has 0 saturated carbocycles. The zero-order chi connectivity index (χ0) is 13.9. The molecule has 0 heterocycles. The van der Waals surface area contributed by atoms with Crippen LogP contribution in [0.25, 0.3) is 0 Å². The monoisotopic (exact) mass is 366 g/mol. The van der Waals surface area contributed by atoms with Crippen molar-refractivity contribution in [3.8, 4) is 0 Å². The van der Waals surface area contributed by atoms with E-state index in [1.54, 1.807) is 0 Å². The molecule has 18 heavy (non-hydrogen) atoms. The van der Waals surface area contributed by atoms with E-state index in [0.29, 0.717) is 5.02 Å². The summed E-state index contributed by atoms with van der Waals surface area (Å²) in [6, 6.07) is 2.90. The van der Waals surface area contributed by atoms with Crippen LogP contribution in [0.2, 0.25) is 15.1 Å². The molecule has 0 unspecified atom stereocenters. The first-order valence-corrected chi connectivity index (χ1v) is 6.67. The van der Waals surface area contributed by atoms with E-state index < -0.39 is 10.1 Å². The number of carbonyl (C=O) groups excluding carboxylic acids is 1. The van der Waals surface area contributed by atoms with Gasteiger partial charge in [-0.05, 0) is 23.7 Å². The molecule has 1 aromatic carbocycles. The van der Waals surface area contributed by atoms with Gasteiger partial charge >= 0.3 is 0 Å². The zero-order valence-corrected chi connectivity index (χ0v) is 12.9. The zero-order valence-electron chi connectivity index (χ0n) is 8.36. The Morgan fingerprint density at radius 1 is 1.17 bits per heavy atom. The summed E-state index contributed by atoms with van der Waals surface area (Å²) in [7, 11) is 0. The number of nitrogens with one attached hydrogen (secondary N) is 1. The van der Waals surface area contributed by atoms with Crippen LogP contribution in [0.3, 0.4) is 0 Å². The summed E-state index contributed by atoms with van der Waals surface area (Å²) >= 11 is 33.8. The van der Waals surface area contributed by atoms with Crippen LogP contribution in [0, 0.1) is 0 Å². The highest BCUT2D eigenvalue weighted by Crippen LogP contribution is 2.33. The van der Waals surface area contributed by atoms with Crippen molar-refractivity contribution in [1.29, 1.82) is 0 Å². The van der Waals surface area contributed by atoms with Crippen molar-refractivity contribution in [2.75, 3.05) is 5.43 Å². The number of hydrazone groups is 1. The van der Waals surface area contributed by atoms with Gasteiger partial charge in [0.25, 0.3) is 5.24 Å². The number of hydrogen-bond acceptors (Lipinski definition) is 3. The van der Waals surface area contributed by atoms with Crippen LogP contribution in [-0.4, -0.2) is 15.8 Å². The van der Waals surface area contributed by atoms with Gasteiger partial charge in [0.05, 0.1) is 15.7 Å². The van der Waals surface area contributed by atoms with Crippen LogP contribution >= 0.6 is 69.6 Å². The van der Waals surface area contributed by atoms with Gasteiger partial charge in [0.2, 0.25) is 0 Å². The molecule has 0 radical (unpaired) electrons. The van der Waals surface area contributed by atoms with E-state index in [1.165, 1.54) is 12.1 Å². The van der Waals surface area contributed by atoms with E-state index >= 15 is 0 Å². The van der Waals surface area contributed by atoms with Gasteiger partial charge in [-0.3, -0.25) is 10.2 Å². The third kappa shape index (κ3) is 4.34. The van der Waals surface area contributed by atoms with Gasteiger partial charge in [-0.25, -0.2) is 0 Å². The maximum atomic E-state index is 11.0. The summed E-state index contributed by atoms with van der Waals surface area (Å²) in [5.74, 6) is 0. The lowest BCUT2D eigenvalue weighted by molar-refractivity contribution is -0.106. The van der Waals surface area contributed by atoms with Crippen molar-refractivity contribution in [3.63, 3.8) is 0 Å². The van der Waals surface area contributed by atoms with Crippen LogP contribution in [0.4, 0.5) is 5.69 Å². The first-order chi connectivity index (χ1) is 8.32. The Morgan fingerprint density at radius 2 is 1.67 bits per heavy atom. The van der Waals surface area contributed by atoms with Gasteiger partial charge < -0.3 is 0 Å². The van der Waals surface area contributed by atoms with E-state index in [0.717, 1.165) is 0 Å². The van der Waals surface area contributed by atoms with Crippen molar-refractivity contribution in [3.05, 3.63) is 27.2 Å². The summed E-state index contributed by atoms with van der Waals surface area (Å²) in [5, 5.41) is 3.57. The second kappa shape index (κ2) is 7.04. The first kappa shape index (κ1) is 16.2. The molecule has 0 amide bonds. The Morgan fingerprint density at radius 3 is 2.06 bits per heavy atom. The minimum atomic E-state index is -1.17. The van der Waals surface area contributed by atoms with Crippen molar-refractivity contribution in [2.24, 2.45) is 5.10 Å². The lowest BCUT2D eigenvalue weighted by Gasteiger charge is -2.08. The minimum Gasteiger partial charge on any atom is -0.275 e. The lowest BCUT2D eigenvalue weighted by Crippen LogP contribution is -2.17. The lowest BCUT2D eigenvalue weighted by atomic mass is 10.3. The highest BCUT2D eigenvalue weighted by Gasteiger charge is 2.17. The average Bonchev–Trinajstić information content (AvgIpc) is 2.20. The molecule has 0 spiro atoms. The number of rotatable bonds is 4. The summed E-state index contributed by atoms with van der Waals surface area (Å²) in [4.78, 5) is 9.80. The number of nitrogens with zero attached hydrogens (tertiary/aromatic N) is 1. The molecule has 3 nitrogen and oxygen atoms in total. The van der Waals surface area contributed by atoms with Gasteiger partial charge in [-0.2, -0.15) is 5.10 Å². The van der Waals surface area contributed by atoms with Crippen LogP contribution in [0.15, 0.2) is 17.2 Å². The standard InChI is InChI=1S/C9H4Cl6N2O/c10-3-1-4(11)6(5(12)2-3)16-17-7(8(13)14)9(15)18/h1-2,8,16H. The molecular weight excluding hydrogens is 365 g/mol. The second-order valence-electron chi connectivity index (χ2n) is 2.93. The molecule has 0 saturated heterocycles. The Hall–Kier alpha value is 0.1000. The molecule has 0 fully saturated rings. The van der Waals surface area contributed by atoms with E-state index in [2.05, 4.69) is 10.5 Å². The molecule has 98 valence electrons. The van der Waals surface area contributed by atoms with Gasteiger partial charge in [0, 0.05) is 5.02 Å². The van der Waals surface area contributed by atoms with Crippen LogP contribution < -0.4 is 5.43 Å². The van der Waals surface area contributed by atoms with Crippen molar-refractivity contribution in [1.82, 2.24) is 0 Å². The molecule has 0 aromatic heterocycles. The van der Waals surface area contributed by atoms with Gasteiger partial charge in [0.15, 0.2) is 10.5 Å². The SMILES string of the molecule is O=C(Cl)C(=NNc1c(Cl)cc(Cl)cc1Cl)C(Cl)Cl. The maximum absolute atomic E-state index is 11.0. The van der Waals surface area contributed by atoms with Crippen molar-refractivity contribution in [2.45, 2.75) is 4.84 Å². The fourth-order valence-corrected chi connectivity index (χ4v) is 2.40. The van der Waals surface area contributed by atoms with Crippen LogP contribution in [-0.2, 0) is 4.79 Å². The quantitative estimate of drug-likeness (QED) is 0.352. The fraction of sp³-hybridized carbons (Fsp3) is 0.111. The summed E-state index contributed by atoms with van der Waals surface area (Å²) in [6.07, 6.45) is 0. The smallest absolute Gasteiger partial charge is 0.271 e. The normalized spacial score (nSPS) is 11.8. The summed E-state index contributed by atoms with van der Waals surface area (Å²) in [5.41, 5.74) is 2.44. The molecule has 0 aliphatic heterocycles. The van der Waals surface area contributed by atoms with E-state index in [-0.39, 0.29) is 21.4 Å². The number of halogens is 6. The summed E-state index contributed by atoms with van der Waals surface area (Å²) in [6.45, 7) is 0. The molecule has 9 heteroatoms. The molecule has 0 atom stereocenters. The highest BCUT2D eigenvalue weighted by atomic mass is 35.5. The number of alkyl halides is 2. The Bertz CT molecular complexity index is 479. The predicted octanol–water partition coefficient (Wildman–Crippen LogP) is 4.98. The Kier molecular flexibility index (Phi) is 6.31. The minimum absolute atomic E-state index is 0.221. The number of carbonyl (C=O) groups is 1. The van der Waals surface area contributed by atoms with E-state index in [9.17, 15) is 4.79 Å². The maximum Gasteiger partial charge on any atom is 0.271 e. The molecule has 1 N–H and O–H groups in total. The molecule has 1 rings (SSSR count). The number of hydrogen-bond donors (Lipinski definition) is 1. The van der Waals surface area contributed by atoms with E-state index in [4.69, 9.17) is 69.6 Å². The average molecular weight is 369 g/mol. The van der Waals surface area contributed by atoms with E-state index in [1.807, 2.05) is 0 Å². The Labute approximate surface area is 133 Å².